The van der Waals surface area contributed by atoms with E-state index in [1.807, 2.05) is 13.8 Å². The lowest BCUT2D eigenvalue weighted by molar-refractivity contribution is 0.0787. The van der Waals surface area contributed by atoms with Crippen LogP contribution in [0.1, 0.15) is 33.1 Å². The summed E-state index contributed by atoms with van der Waals surface area (Å²) in [6.45, 7) is 4.77. The standard InChI is InChI=1S/C19H28ClFN2O4S/c1-14(2)27-10-4-8-22-19-7-6-16(11-17(19)20)28(25,26)23-9-3-5-15(12-23)18(21)13-24/h6-7,11,14,22,24H,3-5,8-10,12-13H2,1-2H3/b18-15+. The van der Waals surface area contributed by atoms with Crippen LogP contribution in [0.2, 0.25) is 5.02 Å². The molecule has 0 unspecified atom stereocenters. The number of piperidine rings is 1. The quantitative estimate of drug-likeness (QED) is 0.581. The Kier molecular flexibility index (Phi) is 8.70. The van der Waals surface area contributed by atoms with E-state index in [4.69, 9.17) is 21.4 Å². The normalized spacial score (nSPS) is 17.8. The molecule has 0 atom stereocenters. The highest BCUT2D eigenvalue weighted by atomic mass is 35.5. The number of benzene rings is 1. The smallest absolute Gasteiger partial charge is 0.243 e. The van der Waals surface area contributed by atoms with Crippen molar-refractivity contribution in [1.29, 1.82) is 0 Å². The van der Waals surface area contributed by atoms with Crippen LogP contribution in [0.25, 0.3) is 0 Å². The number of sulfonamides is 1. The zero-order valence-electron chi connectivity index (χ0n) is 16.2. The van der Waals surface area contributed by atoms with Crippen molar-refractivity contribution in [2.45, 2.75) is 44.1 Å². The molecule has 6 nitrogen and oxygen atoms in total. The highest BCUT2D eigenvalue weighted by Crippen LogP contribution is 2.29. The number of rotatable bonds is 9. The van der Waals surface area contributed by atoms with Crippen molar-refractivity contribution in [3.63, 3.8) is 0 Å². The van der Waals surface area contributed by atoms with E-state index >= 15 is 0 Å². The lowest BCUT2D eigenvalue weighted by Gasteiger charge is -2.28. The van der Waals surface area contributed by atoms with Crippen molar-refractivity contribution >= 4 is 27.3 Å². The number of aliphatic hydroxyl groups is 1. The number of halogens is 2. The van der Waals surface area contributed by atoms with Gasteiger partial charge < -0.3 is 15.2 Å². The van der Waals surface area contributed by atoms with Gasteiger partial charge in [-0.3, -0.25) is 0 Å². The summed E-state index contributed by atoms with van der Waals surface area (Å²) >= 11 is 6.26. The van der Waals surface area contributed by atoms with Gasteiger partial charge in [0.05, 0.1) is 28.3 Å². The van der Waals surface area contributed by atoms with Crippen LogP contribution >= 0.6 is 11.6 Å². The molecular formula is C19H28ClFN2O4S. The summed E-state index contributed by atoms with van der Waals surface area (Å²) in [5.41, 5.74) is 0.973. The van der Waals surface area contributed by atoms with Crippen LogP contribution in [0, 0.1) is 0 Å². The van der Waals surface area contributed by atoms with E-state index in [2.05, 4.69) is 5.32 Å². The Bertz CT molecular complexity index is 799. The molecule has 1 aromatic carbocycles. The van der Waals surface area contributed by atoms with E-state index < -0.39 is 22.5 Å². The zero-order chi connectivity index (χ0) is 20.7. The highest BCUT2D eigenvalue weighted by molar-refractivity contribution is 7.89. The van der Waals surface area contributed by atoms with Crippen molar-refractivity contribution in [1.82, 2.24) is 4.31 Å². The first-order valence-corrected chi connectivity index (χ1v) is 11.2. The van der Waals surface area contributed by atoms with Crippen LogP contribution in [-0.4, -0.2) is 56.8 Å². The van der Waals surface area contributed by atoms with E-state index in [-0.39, 0.29) is 17.5 Å². The first-order valence-electron chi connectivity index (χ1n) is 9.38. The molecule has 0 aromatic heterocycles. The van der Waals surface area contributed by atoms with E-state index in [0.717, 1.165) is 6.42 Å². The number of nitrogens with zero attached hydrogens (tertiary/aromatic N) is 1. The molecule has 9 heteroatoms. The van der Waals surface area contributed by atoms with Crippen molar-refractivity contribution in [3.8, 4) is 0 Å². The molecule has 2 rings (SSSR count). The van der Waals surface area contributed by atoms with Gasteiger partial charge in [-0.1, -0.05) is 11.6 Å². The van der Waals surface area contributed by atoms with Crippen LogP contribution in [0.15, 0.2) is 34.5 Å². The summed E-state index contributed by atoms with van der Waals surface area (Å²) in [5, 5.41) is 12.4. The first-order chi connectivity index (χ1) is 13.3. The van der Waals surface area contributed by atoms with Crippen molar-refractivity contribution in [2.24, 2.45) is 0 Å². The molecule has 0 radical (unpaired) electrons. The Morgan fingerprint density at radius 3 is 2.82 bits per heavy atom. The van der Waals surface area contributed by atoms with Crippen molar-refractivity contribution in [2.75, 3.05) is 38.2 Å². The molecule has 28 heavy (non-hydrogen) atoms. The monoisotopic (exact) mass is 434 g/mol. The van der Waals surface area contributed by atoms with E-state index in [1.165, 1.54) is 16.4 Å². The molecule has 1 saturated heterocycles. The minimum absolute atomic E-state index is 0.0534. The molecular weight excluding hydrogens is 407 g/mol. The van der Waals surface area contributed by atoms with Crippen LogP contribution in [0.3, 0.4) is 0 Å². The number of hydrogen-bond donors (Lipinski definition) is 2. The average molecular weight is 435 g/mol. The minimum Gasteiger partial charge on any atom is -0.389 e. The third-order valence-electron chi connectivity index (χ3n) is 4.44. The highest BCUT2D eigenvalue weighted by Gasteiger charge is 2.29. The van der Waals surface area contributed by atoms with Gasteiger partial charge in [0.25, 0.3) is 0 Å². The summed E-state index contributed by atoms with van der Waals surface area (Å²) in [5.74, 6) is -0.654. The summed E-state index contributed by atoms with van der Waals surface area (Å²) < 4.78 is 46.2. The maximum absolute atomic E-state index is 13.7. The molecule has 0 bridgehead atoms. The van der Waals surface area contributed by atoms with Crippen LogP contribution < -0.4 is 5.32 Å². The van der Waals surface area contributed by atoms with Crippen LogP contribution in [0.4, 0.5) is 10.1 Å². The second-order valence-corrected chi connectivity index (χ2v) is 9.30. The van der Waals surface area contributed by atoms with E-state index in [1.54, 1.807) is 6.07 Å². The molecule has 0 amide bonds. The molecule has 1 aliphatic heterocycles. The van der Waals surface area contributed by atoms with Crippen LogP contribution in [0.5, 0.6) is 0 Å². The average Bonchev–Trinajstić information content (AvgIpc) is 2.67. The Morgan fingerprint density at radius 2 is 2.18 bits per heavy atom. The van der Waals surface area contributed by atoms with Gasteiger partial charge in [0.15, 0.2) is 0 Å². The maximum Gasteiger partial charge on any atom is 0.243 e. The Morgan fingerprint density at radius 1 is 1.43 bits per heavy atom. The van der Waals surface area contributed by atoms with E-state index in [9.17, 15) is 12.8 Å². The molecule has 0 spiro atoms. The van der Waals surface area contributed by atoms with Gasteiger partial charge in [0, 0.05) is 26.2 Å². The predicted molar refractivity (Wildman–Crippen MR) is 109 cm³/mol. The Labute approximate surface area is 171 Å². The first kappa shape index (κ1) is 23.1. The van der Waals surface area contributed by atoms with E-state index in [0.29, 0.717) is 48.8 Å². The summed E-state index contributed by atoms with van der Waals surface area (Å²) in [6, 6.07) is 4.53. The number of hydrogen-bond acceptors (Lipinski definition) is 5. The van der Waals surface area contributed by atoms with Crippen molar-refractivity contribution in [3.05, 3.63) is 34.6 Å². The SMILES string of the molecule is CC(C)OCCCNc1ccc(S(=O)(=O)N2CCC/C(=C(\F)CO)C2)cc1Cl. The van der Waals surface area contributed by atoms with Gasteiger partial charge in [-0.05, 0) is 56.9 Å². The third-order valence-corrected chi connectivity index (χ3v) is 6.60. The minimum atomic E-state index is -3.80. The third kappa shape index (κ3) is 6.15. The van der Waals surface area contributed by atoms with Gasteiger partial charge >= 0.3 is 0 Å². The molecule has 2 N–H and O–H groups in total. The Balaban J connectivity index is 2.05. The molecule has 1 fully saturated rings. The molecule has 0 saturated carbocycles. The molecule has 0 aliphatic carbocycles. The lowest BCUT2D eigenvalue weighted by Crippen LogP contribution is -2.37. The number of aliphatic hydroxyl groups excluding tert-OH is 1. The van der Waals surface area contributed by atoms with Gasteiger partial charge in [0.2, 0.25) is 10.0 Å². The Hall–Kier alpha value is -1.19. The topological polar surface area (TPSA) is 78.9 Å². The lowest BCUT2D eigenvalue weighted by atomic mass is 10.1. The summed E-state index contributed by atoms with van der Waals surface area (Å²) in [4.78, 5) is 0.0665. The molecule has 1 aromatic rings. The fourth-order valence-electron chi connectivity index (χ4n) is 2.94. The fourth-order valence-corrected chi connectivity index (χ4v) is 4.75. The predicted octanol–water partition coefficient (Wildman–Crippen LogP) is 3.57. The zero-order valence-corrected chi connectivity index (χ0v) is 17.8. The largest absolute Gasteiger partial charge is 0.389 e. The number of nitrogens with one attached hydrogen (secondary N) is 1. The fraction of sp³-hybridized carbons (Fsp3) is 0.579. The van der Waals surface area contributed by atoms with Gasteiger partial charge in [-0.15, -0.1) is 0 Å². The molecule has 1 aliphatic rings. The number of ether oxygens (including phenoxy) is 1. The van der Waals surface area contributed by atoms with Crippen molar-refractivity contribution < 1.29 is 22.7 Å². The second-order valence-electron chi connectivity index (χ2n) is 6.95. The van der Waals surface area contributed by atoms with Gasteiger partial charge in [0.1, 0.15) is 5.83 Å². The molecule has 1 heterocycles. The second kappa shape index (κ2) is 10.5. The maximum atomic E-state index is 13.7. The summed E-state index contributed by atoms with van der Waals surface area (Å²) in [7, 11) is -3.80. The summed E-state index contributed by atoms with van der Waals surface area (Å²) in [6.07, 6.45) is 1.94. The van der Waals surface area contributed by atoms with Gasteiger partial charge in [-0.25, -0.2) is 12.8 Å². The van der Waals surface area contributed by atoms with Crippen LogP contribution in [-0.2, 0) is 14.8 Å². The van der Waals surface area contributed by atoms with Gasteiger partial charge in [-0.2, -0.15) is 4.31 Å². The molecule has 158 valence electrons. The number of anilines is 1.